The predicted molar refractivity (Wildman–Crippen MR) is 230 cm³/mol. The number of nitrogens with zero attached hydrogens (tertiary/aromatic N) is 1. The van der Waals surface area contributed by atoms with Crippen molar-refractivity contribution in [2.45, 2.75) is 239 Å². The van der Waals surface area contributed by atoms with E-state index in [0.717, 1.165) is 77.0 Å². The standard InChI is InChI=1S/C47H93NO7/c1-5-9-13-17-19-23-32-42(30-21-15-11-7-3)46(52)54-38-27-25-34-44(50)40-48(36-29-37-49)41-45(51)35-26-28-39-55-47(53)43(31-22-16-12-8-4)33-24-20-18-14-10-6-2/h42-45,49-51H,5-41H2,1-4H3/t42?,43?,44-,45?/m1/s1. The molecule has 0 radical (unpaired) electrons. The fraction of sp³-hybridized carbons (Fsp3) is 0.957. The van der Waals surface area contributed by atoms with Crippen LogP contribution in [0.4, 0.5) is 0 Å². The molecular formula is C47H93NO7. The molecule has 0 fully saturated rings. The van der Waals surface area contributed by atoms with E-state index in [4.69, 9.17) is 9.47 Å². The van der Waals surface area contributed by atoms with Crippen molar-refractivity contribution in [1.29, 1.82) is 0 Å². The van der Waals surface area contributed by atoms with Crippen molar-refractivity contribution < 1.29 is 34.4 Å². The van der Waals surface area contributed by atoms with Gasteiger partial charge in [-0.3, -0.25) is 14.5 Å². The molecule has 0 aromatic heterocycles. The van der Waals surface area contributed by atoms with E-state index in [1.54, 1.807) is 0 Å². The highest BCUT2D eigenvalue weighted by atomic mass is 16.5. The maximum atomic E-state index is 13.0. The maximum Gasteiger partial charge on any atom is 0.308 e. The van der Waals surface area contributed by atoms with Crippen molar-refractivity contribution in [2.24, 2.45) is 11.8 Å². The second-order valence-electron chi connectivity index (χ2n) is 16.7. The largest absolute Gasteiger partial charge is 0.465 e. The molecule has 0 rings (SSSR count). The van der Waals surface area contributed by atoms with Crippen molar-refractivity contribution in [3.05, 3.63) is 0 Å². The van der Waals surface area contributed by atoms with Gasteiger partial charge in [0.25, 0.3) is 0 Å². The minimum atomic E-state index is -0.550. The van der Waals surface area contributed by atoms with E-state index in [9.17, 15) is 24.9 Å². The SMILES string of the molecule is CCCCCCCCC(CCCCCC)C(=O)OCCCCC(O)CN(CCCO)C[C@H](O)CCCCOC(=O)C(CCCCCC)CCCCCCCC. The Morgan fingerprint density at radius 1 is 0.436 bits per heavy atom. The van der Waals surface area contributed by atoms with Gasteiger partial charge in [-0.25, -0.2) is 0 Å². The number of unbranched alkanes of at least 4 members (excludes halogenated alkanes) is 18. The van der Waals surface area contributed by atoms with Gasteiger partial charge in [-0.1, -0.05) is 156 Å². The Hall–Kier alpha value is -1.22. The maximum absolute atomic E-state index is 13.0. The van der Waals surface area contributed by atoms with E-state index in [2.05, 4.69) is 27.7 Å². The third-order valence-corrected chi connectivity index (χ3v) is 11.2. The van der Waals surface area contributed by atoms with Gasteiger partial charge in [0.1, 0.15) is 0 Å². The summed E-state index contributed by atoms with van der Waals surface area (Å²) < 4.78 is 11.5. The summed E-state index contributed by atoms with van der Waals surface area (Å²) in [6.07, 6.45) is 31.5. The Kier molecular flexibility index (Phi) is 40.0. The summed E-state index contributed by atoms with van der Waals surface area (Å²) in [7, 11) is 0. The number of rotatable bonds is 43. The number of hydrogen-bond acceptors (Lipinski definition) is 8. The molecule has 0 aromatic rings. The van der Waals surface area contributed by atoms with Crippen LogP contribution in [0.25, 0.3) is 0 Å². The van der Waals surface area contributed by atoms with E-state index in [1.807, 2.05) is 4.90 Å². The van der Waals surface area contributed by atoms with Gasteiger partial charge in [-0.05, 0) is 70.6 Å². The van der Waals surface area contributed by atoms with Crippen LogP contribution in [-0.2, 0) is 19.1 Å². The van der Waals surface area contributed by atoms with Crippen molar-refractivity contribution >= 4 is 11.9 Å². The highest BCUT2D eigenvalue weighted by molar-refractivity contribution is 5.72. The first-order valence-corrected chi connectivity index (χ1v) is 23.8. The Balaban J connectivity index is 4.53. The van der Waals surface area contributed by atoms with Crippen LogP contribution < -0.4 is 0 Å². The van der Waals surface area contributed by atoms with Crippen LogP contribution in [0.15, 0.2) is 0 Å². The van der Waals surface area contributed by atoms with E-state index in [1.165, 1.54) is 103 Å². The smallest absolute Gasteiger partial charge is 0.308 e. The Bertz CT molecular complexity index is 765. The summed E-state index contributed by atoms with van der Waals surface area (Å²) >= 11 is 0. The van der Waals surface area contributed by atoms with Gasteiger partial charge in [-0.15, -0.1) is 0 Å². The van der Waals surface area contributed by atoms with Gasteiger partial charge in [0.15, 0.2) is 0 Å². The molecule has 0 saturated heterocycles. The van der Waals surface area contributed by atoms with E-state index in [-0.39, 0.29) is 30.4 Å². The second kappa shape index (κ2) is 41.0. The zero-order valence-corrected chi connectivity index (χ0v) is 36.9. The lowest BCUT2D eigenvalue weighted by atomic mass is 9.94. The average molecular weight is 784 g/mol. The Morgan fingerprint density at radius 3 is 1.09 bits per heavy atom. The average Bonchev–Trinajstić information content (AvgIpc) is 3.17. The molecule has 0 saturated carbocycles. The molecule has 0 heterocycles. The van der Waals surface area contributed by atoms with E-state index in [0.29, 0.717) is 52.1 Å². The topological polar surface area (TPSA) is 117 Å². The van der Waals surface area contributed by atoms with Crippen LogP contribution in [0.5, 0.6) is 0 Å². The molecule has 0 aliphatic heterocycles. The highest BCUT2D eigenvalue weighted by Crippen LogP contribution is 2.22. The van der Waals surface area contributed by atoms with Crippen molar-refractivity contribution in [2.75, 3.05) is 39.5 Å². The molecule has 0 aliphatic rings. The number of hydrogen-bond donors (Lipinski definition) is 3. The summed E-state index contributed by atoms with van der Waals surface area (Å²) in [6.45, 7) is 11.2. The molecule has 8 heteroatoms. The minimum absolute atomic E-state index is 0.00679. The minimum Gasteiger partial charge on any atom is -0.465 e. The third kappa shape index (κ3) is 34.5. The number of ether oxygens (including phenoxy) is 2. The number of aliphatic hydroxyl groups excluding tert-OH is 3. The molecule has 0 aromatic carbocycles. The van der Waals surface area contributed by atoms with E-state index >= 15 is 0 Å². The van der Waals surface area contributed by atoms with Gasteiger partial charge < -0.3 is 24.8 Å². The van der Waals surface area contributed by atoms with Crippen LogP contribution in [-0.4, -0.2) is 83.8 Å². The summed E-state index contributed by atoms with van der Waals surface area (Å²) in [5.41, 5.74) is 0. The first-order chi connectivity index (χ1) is 26.8. The zero-order chi connectivity index (χ0) is 40.6. The summed E-state index contributed by atoms with van der Waals surface area (Å²) in [5, 5.41) is 31.1. The molecular weight excluding hydrogens is 691 g/mol. The van der Waals surface area contributed by atoms with Crippen molar-refractivity contribution in [1.82, 2.24) is 4.90 Å². The molecule has 0 amide bonds. The van der Waals surface area contributed by atoms with Crippen LogP contribution in [0.3, 0.4) is 0 Å². The number of aliphatic hydroxyl groups is 3. The molecule has 3 N–H and O–H groups in total. The van der Waals surface area contributed by atoms with Crippen molar-refractivity contribution in [3.63, 3.8) is 0 Å². The first kappa shape index (κ1) is 53.8. The van der Waals surface area contributed by atoms with Crippen molar-refractivity contribution in [3.8, 4) is 0 Å². The van der Waals surface area contributed by atoms with Gasteiger partial charge in [0, 0.05) is 26.2 Å². The lowest BCUT2D eigenvalue weighted by Crippen LogP contribution is -2.39. The lowest BCUT2D eigenvalue weighted by molar-refractivity contribution is -0.150. The Labute approximate surface area is 340 Å². The van der Waals surface area contributed by atoms with Crippen LogP contribution in [0, 0.1) is 11.8 Å². The summed E-state index contributed by atoms with van der Waals surface area (Å²) in [5.74, 6) is -0.0727. The number of esters is 2. The summed E-state index contributed by atoms with van der Waals surface area (Å²) in [6, 6.07) is 0. The zero-order valence-electron chi connectivity index (χ0n) is 36.9. The predicted octanol–water partition coefficient (Wildman–Crippen LogP) is 11.5. The normalized spacial score (nSPS) is 13.9. The van der Waals surface area contributed by atoms with Gasteiger partial charge in [0.05, 0.1) is 37.3 Å². The molecule has 4 atom stereocenters. The number of carbonyl (C=O) groups is 2. The quantitative estimate of drug-likeness (QED) is 0.0413. The molecule has 328 valence electrons. The van der Waals surface area contributed by atoms with E-state index < -0.39 is 12.2 Å². The molecule has 0 spiro atoms. The lowest BCUT2D eigenvalue weighted by Gasteiger charge is -2.27. The monoisotopic (exact) mass is 784 g/mol. The first-order valence-electron chi connectivity index (χ1n) is 23.8. The molecule has 55 heavy (non-hydrogen) atoms. The fourth-order valence-electron chi connectivity index (χ4n) is 7.61. The number of carbonyl (C=O) groups excluding carboxylic acids is 2. The molecule has 8 nitrogen and oxygen atoms in total. The summed E-state index contributed by atoms with van der Waals surface area (Å²) in [4.78, 5) is 28.0. The molecule has 0 aliphatic carbocycles. The van der Waals surface area contributed by atoms with Crippen LogP contribution in [0.2, 0.25) is 0 Å². The molecule has 0 bridgehead atoms. The van der Waals surface area contributed by atoms with Gasteiger partial charge in [-0.2, -0.15) is 0 Å². The van der Waals surface area contributed by atoms with Crippen LogP contribution in [0.1, 0.15) is 227 Å². The van der Waals surface area contributed by atoms with Gasteiger partial charge in [0.2, 0.25) is 0 Å². The van der Waals surface area contributed by atoms with Crippen LogP contribution >= 0.6 is 0 Å². The highest BCUT2D eigenvalue weighted by Gasteiger charge is 2.21. The second-order valence-corrected chi connectivity index (χ2v) is 16.7. The Morgan fingerprint density at radius 2 is 0.745 bits per heavy atom. The third-order valence-electron chi connectivity index (χ3n) is 11.2. The van der Waals surface area contributed by atoms with Gasteiger partial charge >= 0.3 is 11.9 Å². The fourth-order valence-corrected chi connectivity index (χ4v) is 7.61. The molecule has 3 unspecified atom stereocenters.